The number of pyridine rings is 1. The third-order valence-corrected chi connectivity index (χ3v) is 6.95. The molecule has 5 aromatic rings. The number of anilines is 2. The normalized spacial score (nSPS) is 14.2. The maximum Gasteiger partial charge on any atom is 0.320 e. The van der Waals surface area contributed by atoms with Gasteiger partial charge in [-0.05, 0) is 37.1 Å². The maximum absolute atomic E-state index is 12.6. The molecule has 1 aromatic carbocycles. The molecule has 3 N–H and O–H groups in total. The highest BCUT2D eigenvalue weighted by atomic mass is 35.5. The van der Waals surface area contributed by atoms with Gasteiger partial charge in [-0.1, -0.05) is 36.0 Å². The third kappa shape index (κ3) is 4.79. The molecule has 4 heterocycles. The lowest BCUT2D eigenvalue weighted by atomic mass is 9.95. The van der Waals surface area contributed by atoms with Crippen molar-refractivity contribution in [1.82, 2.24) is 35.3 Å². The van der Waals surface area contributed by atoms with Crippen molar-refractivity contribution < 1.29 is 9.21 Å². The fourth-order valence-corrected chi connectivity index (χ4v) is 4.91. The van der Waals surface area contributed by atoms with E-state index >= 15 is 0 Å². The molecular formula is C26H25ClN8O2. The number of nitrogens with zero attached hydrogens (tertiary/aromatic N) is 5. The van der Waals surface area contributed by atoms with E-state index in [9.17, 15) is 4.79 Å². The van der Waals surface area contributed by atoms with Crippen LogP contribution in [0, 0.1) is 0 Å². The number of hydrogen-bond donors (Lipinski definition) is 3. The summed E-state index contributed by atoms with van der Waals surface area (Å²) in [7, 11) is 1.87. The summed E-state index contributed by atoms with van der Waals surface area (Å²) in [6, 6.07) is 7.53. The fraction of sp³-hybridized carbons (Fsp3) is 0.269. The third-order valence-electron chi connectivity index (χ3n) is 6.64. The van der Waals surface area contributed by atoms with Crippen LogP contribution >= 0.6 is 11.6 Å². The zero-order valence-corrected chi connectivity index (χ0v) is 20.9. The van der Waals surface area contributed by atoms with Crippen LogP contribution in [-0.4, -0.2) is 41.9 Å². The molecule has 6 rings (SSSR count). The number of amides is 1. The SMILES string of the molecule is Cn1cc(-c2cnc3[nH]cc(-c4nnc(Nc5ccc(C(=O)NC6CCCCC6)cc5Cl)o4)c3c2)cn1. The van der Waals surface area contributed by atoms with Crippen LogP contribution in [0.4, 0.5) is 11.7 Å². The first kappa shape index (κ1) is 23.2. The summed E-state index contributed by atoms with van der Waals surface area (Å²) in [6.07, 6.45) is 12.9. The molecule has 0 bridgehead atoms. The van der Waals surface area contributed by atoms with Gasteiger partial charge >= 0.3 is 6.01 Å². The van der Waals surface area contributed by atoms with Gasteiger partial charge < -0.3 is 20.0 Å². The van der Waals surface area contributed by atoms with Crippen molar-refractivity contribution in [3.05, 3.63) is 59.6 Å². The molecule has 0 saturated heterocycles. The van der Waals surface area contributed by atoms with E-state index in [0.29, 0.717) is 27.8 Å². The summed E-state index contributed by atoms with van der Waals surface area (Å²) in [5.41, 5.74) is 4.41. The minimum Gasteiger partial charge on any atom is -0.403 e. The van der Waals surface area contributed by atoms with Crippen molar-refractivity contribution in [2.45, 2.75) is 38.1 Å². The average molecular weight is 517 g/mol. The summed E-state index contributed by atoms with van der Waals surface area (Å²) in [4.78, 5) is 20.3. The highest BCUT2D eigenvalue weighted by Crippen LogP contribution is 2.32. The van der Waals surface area contributed by atoms with Gasteiger partial charge in [-0.25, -0.2) is 4.98 Å². The lowest BCUT2D eigenvalue weighted by Gasteiger charge is -2.22. The summed E-state index contributed by atoms with van der Waals surface area (Å²) < 4.78 is 7.63. The lowest BCUT2D eigenvalue weighted by Crippen LogP contribution is -2.36. The Balaban J connectivity index is 1.19. The number of carbonyl (C=O) groups is 1. The number of aromatic nitrogens is 6. The standard InChI is InChI=1S/C26H25ClN8O2/c1-35-14-17(12-30-35)16-9-19-20(13-29-23(19)28-11-16)25-33-34-26(37-25)32-22-8-7-15(10-21(22)27)24(36)31-18-5-3-2-4-6-18/h7-14,18H,2-6H2,1H3,(H,28,29)(H,31,36)(H,32,34). The Labute approximate surface area is 217 Å². The van der Waals surface area contributed by atoms with E-state index in [1.165, 1.54) is 6.42 Å². The van der Waals surface area contributed by atoms with Gasteiger partial charge in [0.15, 0.2) is 0 Å². The second-order valence-corrected chi connectivity index (χ2v) is 9.67. The van der Waals surface area contributed by atoms with Crippen LogP contribution in [0.2, 0.25) is 5.02 Å². The van der Waals surface area contributed by atoms with Gasteiger partial charge in [0.2, 0.25) is 0 Å². The molecule has 0 spiro atoms. The van der Waals surface area contributed by atoms with E-state index in [2.05, 4.69) is 35.9 Å². The highest BCUT2D eigenvalue weighted by molar-refractivity contribution is 6.33. The number of aryl methyl sites for hydroxylation is 1. The molecule has 1 aliphatic rings. The second kappa shape index (κ2) is 9.70. The molecule has 0 radical (unpaired) electrons. The largest absolute Gasteiger partial charge is 0.403 e. The van der Waals surface area contributed by atoms with Gasteiger partial charge in [-0.15, -0.1) is 5.10 Å². The number of fused-ring (bicyclic) bond motifs is 1. The van der Waals surface area contributed by atoms with Crippen molar-refractivity contribution in [2.75, 3.05) is 5.32 Å². The van der Waals surface area contributed by atoms with Crippen LogP contribution in [0.25, 0.3) is 33.6 Å². The second-order valence-electron chi connectivity index (χ2n) is 9.27. The number of carbonyl (C=O) groups excluding carboxylic acids is 1. The molecule has 10 nitrogen and oxygen atoms in total. The smallest absolute Gasteiger partial charge is 0.320 e. The molecule has 1 amide bonds. The number of hydrogen-bond acceptors (Lipinski definition) is 7. The van der Waals surface area contributed by atoms with E-state index in [-0.39, 0.29) is 18.0 Å². The van der Waals surface area contributed by atoms with Gasteiger partial charge in [0.05, 0.1) is 22.5 Å². The van der Waals surface area contributed by atoms with Gasteiger partial charge in [-0.3, -0.25) is 9.48 Å². The zero-order chi connectivity index (χ0) is 25.4. The molecule has 0 unspecified atom stereocenters. The molecule has 188 valence electrons. The van der Waals surface area contributed by atoms with Gasteiger partial charge in [0.25, 0.3) is 11.8 Å². The summed E-state index contributed by atoms with van der Waals surface area (Å²) in [6.45, 7) is 0. The first-order valence-electron chi connectivity index (χ1n) is 12.2. The maximum atomic E-state index is 12.6. The Morgan fingerprint density at radius 2 is 2.00 bits per heavy atom. The number of halogens is 1. The molecule has 0 aliphatic heterocycles. The summed E-state index contributed by atoms with van der Waals surface area (Å²) >= 11 is 6.48. The van der Waals surface area contributed by atoms with Crippen LogP contribution in [0.3, 0.4) is 0 Å². The minimum atomic E-state index is -0.112. The first-order valence-corrected chi connectivity index (χ1v) is 12.6. The summed E-state index contributed by atoms with van der Waals surface area (Å²) in [5, 5.41) is 19.9. The lowest BCUT2D eigenvalue weighted by molar-refractivity contribution is 0.0927. The Morgan fingerprint density at radius 3 is 2.78 bits per heavy atom. The van der Waals surface area contributed by atoms with Crippen LogP contribution in [0.15, 0.2) is 53.5 Å². The molecule has 37 heavy (non-hydrogen) atoms. The van der Waals surface area contributed by atoms with Crippen molar-refractivity contribution in [3.8, 4) is 22.6 Å². The van der Waals surface area contributed by atoms with Crippen LogP contribution in [-0.2, 0) is 7.05 Å². The minimum absolute atomic E-state index is 0.112. The van der Waals surface area contributed by atoms with Crippen LogP contribution in [0.1, 0.15) is 42.5 Å². The van der Waals surface area contributed by atoms with E-state index in [1.807, 2.05) is 19.3 Å². The van der Waals surface area contributed by atoms with Gasteiger partial charge in [-0.2, -0.15) is 5.10 Å². The zero-order valence-electron chi connectivity index (χ0n) is 20.2. The molecule has 4 aromatic heterocycles. The molecule has 1 saturated carbocycles. The quantitative estimate of drug-likeness (QED) is 0.273. The number of rotatable bonds is 6. The topological polar surface area (TPSA) is 127 Å². The van der Waals surface area contributed by atoms with Crippen molar-refractivity contribution in [2.24, 2.45) is 7.05 Å². The van der Waals surface area contributed by atoms with E-state index in [0.717, 1.165) is 47.8 Å². The van der Waals surface area contributed by atoms with E-state index in [1.54, 1.807) is 41.5 Å². The summed E-state index contributed by atoms with van der Waals surface area (Å²) in [5.74, 6) is 0.220. The average Bonchev–Trinajstić information content (AvgIpc) is 3.65. The number of nitrogens with one attached hydrogen (secondary N) is 3. The first-order chi connectivity index (χ1) is 18.0. The van der Waals surface area contributed by atoms with Crippen LogP contribution in [0.5, 0.6) is 0 Å². The van der Waals surface area contributed by atoms with Crippen molar-refractivity contribution in [1.29, 1.82) is 0 Å². The molecule has 0 atom stereocenters. The molecule has 11 heteroatoms. The van der Waals surface area contributed by atoms with Gasteiger partial charge in [0.1, 0.15) is 5.65 Å². The number of aromatic amines is 1. The van der Waals surface area contributed by atoms with Crippen molar-refractivity contribution in [3.63, 3.8) is 0 Å². The van der Waals surface area contributed by atoms with Crippen LogP contribution < -0.4 is 10.6 Å². The predicted molar refractivity (Wildman–Crippen MR) is 141 cm³/mol. The van der Waals surface area contributed by atoms with Crippen molar-refractivity contribution >= 4 is 40.2 Å². The van der Waals surface area contributed by atoms with E-state index in [4.69, 9.17) is 16.0 Å². The molecule has 1 aliphatic carbocycles. The Bertz CT molecular complexity index is 1580. The predicted octanol–water partition coefficient (Wildman–Crippen LogP) is 5.47. The number of benzene rings is 1. The Kier molecular flexibility index (Phi) is 6.09. The van der Waals surface area contributed by atoms with E-state index < -0.39 is 0 Å². The van der Waals surface area contributed by atoms with Gasteiger partial charge in [0, 0.05) is 53.8 Å². The highest BCUT2D eigenvalue weighted by Gasteiger charge is 2.19. The Morgan fingerprint density at radius 1 is 1.14 bits per heavy atom. The number of H-pyrrole nitrogens is 1. The Hall–Kier alpha value is -4.18. The fourth-order valence-electron chi connectivity index (χ4n) is 4.68. The molecule has 1 fully saturated rings. The molecular weight excluding hydrogens is 492 g/mol. The monoisotopic (exact) mass is 516 g/mol.